The van der Waals surface area contributed by atoms with Crippen molar-refractivity contribution >= 4 is 29.1 Å². The van der Waals surface area contributed by atoms with E-state index in [9.17, 15) is 4.79 Å². The molecule has 154 valence electrons. The van der Waals surface area contributed by atoms with Crippen LogP contribution in [0.1, 0.15) is 35.5 Å². The molecule has 0 unspecified atom stereocenters. The highest BCUT2D eigenvalue weighted by atomic mass is 35.5. The predicted octanol–water partition coefficient (Wildman–Crippen LogP) is 5.71. The second-order valence-corrected chi connectivity index (χ2v) is 6.48. The van der Waals surface area contributed by atoms with E-state index in [1.807, 2.05) is 52.0 Å². The Morgan fingerprint density at radius 2 is 1.79 bits per heavy atom. The summed E-state index contributed by atoms with van der Waals surface area (Å²) in [6.45, 7) is 7.89. The van der Waals surface area contributed by atoms with Crippen molar-refractivity contribution in [1.29, 1.82) is 0 Å². The second-order valence-electron chi connectivity index (χ2n) is 6.04. The number of carbonyl (C=O) groups excluding carboxylic acids is 1. The van der Waals surface area contributed by atoms with Crippen LogP contribution in [0.5, 0.6) is 5.75 Å². The minimum absolute atomic E-state index is 0.366. The minimum Gasteiger partial charge on any atom is -0.497 e. The van der Waals surface area contributed by atoms with Crippen LogP contribution < -0.4 is 10.1 Å². The van der Waals surface area contributed by atoms with Gasteiger partial charge in [0.25, 0.3) is 0 Å². The minimum atomic E-state index is -0.460. The molecule has 6 nitrogen and oxygen atoms in total. The summed E-state index contributed by atoms with van der Waals surface area (Å²) in [6.07, 6.45) is 0. The zero-order valence-corrected chi connectivity index (χ0v) is 18.3. The van der Waals surface area contributed by atoms with Crippen molar-refractivity contribution in [2.24, 2.45) is 0 Å². The third-order valence-corrected chi connectivity index (χ3v) is 4.36. The van der Waals surface area contributed by atoms with Crippen LogP contribution in [0.3, 0.4) is 0 Å². The molecule has 1 aromatic heterocycles. The Bertz CT molecular complexity index is 999. The molecule has 0 bridgehead atoms. The molecule has 29 heavy (non-hydrogen) atoms. The molecule has 0 atom stereocenters. The highest BCUT2D eigenvalue weighted by Gasteiger charge is 2.17. The van der Waals surface area contributed by atoms with E-state index < -0.39 is 5.97 Å². The lowest BCUT2D eigenvalue weighted by Gasteiger charge is -2.15. The van der Waals surface area contributed by atoms with Crippen molar-refractivity contribution in [3.8, 4) is 11.4 Å². The van der Waals surface area contributed by atoms with Crippen molar-refractivity contribution in [3.63, 3.8) is 0 Å². The van der Waals surface area contributed by atoms with Crippen molar-refractivity contribution in [1.82, 2.24) is 9.78 Å². The van der Waals surface area contributed by atoms with Gasteiger partial charge < -0.3 is 14.8 Å². The Balaban J connectivity index is 0.00000145. The van der Waals surface area contributed by atoms with Gasteiger partial charge in [-0.15, -0.1) is 0 Å². The van der Waals surface area contributed by atoms with Crippen molar-refractivity contribution in [2.45, 2.75) is 27.7 Å². The van der Waals surface area contributed by atoms with Crippen LogP contribution in [0.4, 0.5) is 11.5 Å². The summed E-state index contributed by atoms with van der Waals surface area (Å²) in [5, 5.41) is 8.46. The quantitative estimate of drug-likeness (QED) is 0.541. The summed E-state index contributed by atoms with van der Waals surface area (Å²) < 4.78 is 11.9. The summed E-state index contributed by atoms with van der Waals surface area (Å²) in [4.78, 5) is 12.2. The van der Waals surface area contributed by atoms with Crippen molar-refractivity contribution < 1.29 is 14.3 Å². The van der Waals surface area contributed by atoms with E-state index in [1.165, 1.54) is 7.11 Å². The van der Waals surface area contributed by atoms with E-state index in [1.54, 1.807) is 30.0 Å². The molecular weight excluding hydrogens is 390 g/mol. The maximum absolute atomic E-state index is 12.2. The monoisotopic (exact) mass is 415 g/mol. The zero-order chi connectivity index (χ0) is 21.6. The number of methoxy groups -OCH3 is 2. The first-order valence-corrected chi connectivity index (χ1v) is 9.67. The van der Waals surface area contributed by atoms with Gasteiger partial charge >= 0.3 is 5.97 Å². The van der Waals surface area contributed by atoms with E-state index >= 15 is 0 Å². The molecule has 0 fully saturated rings. The van der Waals surface area contributed by atoms with Crippen molar-refractivity contribution in [3.05, 3.63) is 64.3 Å². The van der Waals surface area contributed by atoms with Gasteiger partial charge in [-0.25, -0.2) is 9.48 Å². The summed E-state index contributed by atoms with van der Waals surface area (Å²) in [6, 6.07) is 12.7. The zero-order valence-electron chi connectivity index (χ0n) is 17.5. The highest BCUT2D eigenvalue weighted by molar-refractivity contribution is 6.30. The molecule has 0 aliphatic heterocycles. The molecule has 7 heteroatoms. The van der Waals surface area contributed by atoms with Gasteiger partial charge in [0.1, 0.15) is 11.6 Å². The fourth-order valence-corrected chi connectivity index (χ4v) is 2.93. The number of halogens is 1. The molecule has 0 spiro atoms. The van der Waals surface area contributed by atoms with Crippen LogP contribution in [0, 0.1) is 13.8 Å². The third kappa shape index (κ3) is 5.09. The van der Waals surface area contributed by atoms with Crippen LogP contribution in [0.2, 0.25) is 5.02 Å². The number of carbonyl (C=O) groups is 1. The van der Waals surface area contributed by atoms with Gasteiger partial charge in [-0.05, 0) is 49.7 Å². The Hall–Kier alpha value is -2.99. The Labute approximate surface area is 176 Å². The fraction of sp³-hybridized carbons (Fsp3) is 0.273. The highest BCUT2D eigenvalue weighted by Crippen LogP contribution is 2.29. The number of esters is 1. The van der Waals surface area contributed by atoms with E-state index in [0.29, 0.717) is 27.8 Å². The van der Waals surface area contributed by atoms with E-state index in [4.69, 9.17) is 21.1 Å². The SMILES string of the molecule is CC.COC(=O)c1cc(OC)ccc1Nc1cc(C)nn1-c1cc(Cl)ccc1C. The number of hydrogen-bond donors (Lipinski definition) is 1. The van der Waals surface area contributed by atoms with Gasteiger partial charge in [-0.2, -0.15) is 5.10 Å². The molecule has 0 saturated heterocycles. The van der Waals surface area contributed by atoms with Crippen molar-refractivity contribution in [2.75, 3.05) is 19.5 Å². The molecule has 0 aliphatic carbocycles. The molecule has 3 rings (SSSR count). The van der Waals surface area contributed by atoms with Crippen LogP contribution in [-0.4, -0.2) is 30.0 Å². The number of aryl methyl sites for hydroxylation is 2. The van der Waals surface area contributed by atoms with Crippen LogP contribution in [-0.2, 0) is 4.74 Å². The van der Waals surface area contributed by atoms with E-state index in [0.717, 1.165) is 16.9 Å². The summed E-state index contributed by atoms with van der Waals surface area (Å²) >= 11 is 6.17. The smallest absolute Gasteiger partial charge is 0.340 e. The van der Waals surface area contributed by atoms with Gasteiger partial charge in [-0.1, -0.05) is 31.5 Å². The maximum atomic E-state index is 12.2. The van der Waals surface area contributed by atoms with Crippen LogP contribution in [0.15, 0.2) is 42.5 Å². The predicted molar refractivity (Wildman–Crippen MR) is 117 cm³/mol. The largest absolute Gasteiger partial charge is 0.497 e. The maximum Gasteiger partial charge on any atom is 0.340 e. The normalized spacial score (nSPS) is 10.0. The van der Waals surface area contributed by atoms with E-state index in [-0.39, 0.29) is 0 Å². The number of nitrogens with zero attached hydrogens (tertiary/aromatic N) is 2. The van der Waals surface area contributed by atoms with Crippen LogP contribution in [0.25, 0.3) is 5.69 Å². The molecule has 0 saturated carbocycles. The second kappa shape index (κ2) is 9.98. The Morgan fingerprint density at radius 3 is 2.45 bits per heavy atom. The molecule has 3 aromatic rings. The lowest BCUT2D eigenvalue weighted by Crippen LogP contribution is -2.09. The fourth-order valence-electron chi connectivity index (χ4n) is 2.76. The average Bonchev–Trinajstić information content (AvgIpc) is 3.10. The number of nitrogens with one attached hydrogen (secondary N) is 1. The standard InChI is InChI=1S/C20H20ClN3O3.C2H6/c1-12-5-6-14(21)10-18(12)24-19(9-13(2)23-24)22-17-8-7-15(26-3)11-16(17)20(25)27-4;1-2/h5-11,22H,1-4H3;1-2H3. The van der Waals surface area contributed by atoms with Crippen LogP contribution >= 0.6 is 11.6 Å². The molecule has 1 N–H and O–H groups in total. The number of rotatable bonds is 5. The lowest BCUT2D eigenvalue weighted by atomic mass is 10.1. The summed E-state index contributed by atoms with van der Waals surface area (Å²) in [5.41, 5.74) is 3.65. The molecule has 0 aliphatic rings. The Morgan fingerprint density at radius 1 is 1.07 bits per heavy atom. The van der Waals surface area contributed by atoms with Gasteiger partial charge in [0, 0.05) is 11.1 Å². The first-order valence-electron chi connectivity index (χ1n) is 9.29. The number of anilines is 2. The van der Waals surface area contributed by atoms with Gasteiger partial charge in [0.2, 0.25) is 0 Å². The number of ether oxygens (including phenoxy) is 2. The van der Waals surface area contributed by atoms with E-state index in [2.05, 4.69) is 10.4 Å². The lowest BCUT2D eigenvalue weighted by molar-refractivity contribution is 0.0601. The van der Waals surface area contributed by atoms with Gasteiger partial charge in [-0.3, -0.25) is 0 Å². The molecule has 0 radical (unpaired) electrons. The summed E-state index contributed by atoms with van der Waals surface area (Å²) in [7, 11) is 2.89. The Kier molecular flexibility index (Phi) is 7.67. The molecule has 2 aromatic carbocycles. The molecule has 1 heterocycles. The van der Waals surface area contributed by atoms with Gasteiger partial charge in [0.05, 0.1) is 36.9 Å². The average molecular weight is 416 g/mol. The third-order valence-electron chi connectivity index (χ3n) is 4.13. The van der Waals surface area contributed by atoms with Gasteiger partial charge in [0.15, 0.2) is 0 Å². The summed E-state index contributed by atoms with van der Waals surface area (Å²) in [5.74, 6) is 0.808. The molecule has 0 amide bonds. The first-order chi connectivity index (χ1) is 13.9. The number of benzene rings is 2. The first kappa shape index (κ1) is 22.3. The topological polar surface area (TPSA) is 65.4 Å². The number of aromatic nitrogens is 2. The number of hydrogen-bond acceptors (Lipinski definition) is 5. The molecular formula is C22H26ClN3O3.